The number of hydrogen-bond donors (Lipinski definition) is 0. The summed E-state index contributed by atoms with van der Waals surface area (Å²) < 4.78 is 36.9. The van der Waals surface area contributed by atoms with Crippen LogP contribution in [0.3, 0.4) is 0 Å². The molecule has 8 heteroatoms. The second kappa shape index (κ2) is 8.47. The maximum Gasteiger partial charge on any atom is 0.339 e. The summed E-state index contributed by atoms with van der Waals surface area (Å²) in [4.78, 5) is 11.8. The molecule has 0 saturated carbocycles. The van der Waals surface area contributed by atoms with Gasteiger partial charge in [-0.3, -0.25) is 0 Å². The quantitative estimate of drug-likeness (QED) is 0.689. The molecular weight excluding hydrogens is 356 g/mol. The zero-order valence-electron chi connectivity index (χ0n) is 14.4. The van der Waals surface area contributed by atoms with Gasteiger partial charge in [-0.25, -0.2) is 13.2 Å². The zero-order chi connectivity index (χ0) is 19.2. The minimum absolute atomic E-state index is 0.0211. The Kier molecular flexibility index (Phi) is 6.33. The Bertz CT molecular complexity index is 920. The van der Waals surface area contributed by atoms with Gasteiger partial charge in [0, 0.05) is 13.6 Å². The van der Waals surface area contributed by atoms with Crippen molar-refractivity contribution in [2.45, 2.75) is 11.4 Å². The molecular formula is C18H18N2O5S. The number of carbonyl (C=O) groups excluding carboxylic acids is 1. The normalized spacial score (nSPS) is 11.0. The first kappa shape index (κ1) is 19.4. The predicted octanol–water partition coefficient (Wildman–Crippen LogP) is 2.20. The van der Waals surface area contributed by atoms with Crippen LogP contribution in [0.15, 0.2) is 53.4 Å². The van der Waals surface area contributed by atoms with Crippen molar-refractivity contribution in [3.8, 4) is 11.8 Å². The van der Waals surface area contributed by atoms with Gasteiger partial charge in [0.05, 0.1) is 12.7 Å². The van der Waals surface area contributed by atoms with Crippen LogP contribution in [0.4, 0.5) is 0 Å². The van der Waals surface area contributed by atoms with Crippen molar-refractivity contribution < 1.29 is 22.7 Å². The summed E-state index contributed by atoms with van der Waals surface area (Å²) in [6.45, 7) is -0.254. The van der Waals surface area contributed by atoms with Crippen molar-refractivity contribution >= 4 is 16.0 Å². The van der Waals surface area contributed by atoms with Gasteiger partial charge in [-0.1, -0.05) is 30.3 Å². The van der Waals surface area contributed by atoms with Crippen LogP contribution in [0.5, 0.6) is 5.75 Å². The van der Waals surface area contributed by atoms with Crippen molar-refractivity contribution in [2.75, 3.05) is 20.8 Å². The Balaban J connectivity index is 2.37. The zero-order valence-corrected chi connectivity index (χ0v) is 15.2. The van der Waals surface area contributed by atoms with Crippen molar-refractivity contribution in [3.63, 3.8) is 0 Å². The second-order valence-electron chi connectivity index (χ2n) is 5.35. The lowest BCUT2D eigenvalue weighted by atomic mass is 10.2. The molecule has 2 aromatic rings. The summed E-state index contributed by atoms with van der Waals surface area (Å²) in [6.07, 6.45) is 0. The number of benzene rings is 2. The van der Waals surface area contributed by atoms with E-state index in [9.17, 15) is 13.2 Å². The maximum atomic E-state index is 12.9. The van der Waals surface area contributed by atoms with Crippen LogP contribution in [0, 0.1) is 11.3 Å². The molecule has 0 aliphatic carbocycles. The third kappa shape index (κ3) is 4.39. The van der Waals surface area contributed by atoms with E-state index < -0.39 is 22.6 Å². The number of hydrogen-bond acceptors (Lipinski definition) is 6. The van der Waals surface area contributed by atoms with Crippen LogP contribution in [-0.4, -0.2) is 39.5 Å². The number of nitriles is 1. The molecule has 26 heavy (non-hydrogen) atoms. The lowest BCUT2D eigenvalue weighted by Gasteiger charge is -2.19. The molecule has 0 unspecified atom stereocenters. The fourth-order valence-electron chi connectivity index (χ4n) is 2.28. The third-order valence-electron chi connectivity index (χ3n) is 3.60. The third-order valence-corrected chi connectivity index (χ3v) is 5.43. The number of nitrogens with zero attached hydrogens (tertiary/aromatic N) is 2. The van der Waals surface area contributed by atoms with Gasteiger partial charge in [0.25, 0.3) is 0 Å². The van der Waals surface area contributed by atoms with Crippen LogP contribution in [0.2, 0.25) is 0 Å². The average molecular weight is 374 g/mol. The second-order valence-corrected chi connectivity index (χ2v) is 7.36. The maximum absolute atomic E-state index is 12.9. The minimum atomic E-state index is -3.92. The molecule has 0 aromatic heterocycles. The Morgan fingerprint density at radius 2 is 1.88 bits per heavy atom. The minimum Gasteiger partial charge on any atom is -0.495 e. The molecule has 0 bridgehead atoms. The van der Waals surface area contributed by atoms with E-state index in [1.165, 1.54) is 36.7 Å². The summed E-state index contributed by atoms with van der Waals surface area (Å²) in [7, 11) is -1.13. The molecule has 0 fully saturated rings. The average Bonchev–Trinajstić information content (AvgIpc) is 2.66. The van der Waals surface area contributed by atoms with Crippen molar-refractivity contribution in [3.05, 3.63) is 59.7 Å². The van der Waals surface area contributed by atoms with Crippen LogP contribution in [-0.2, 0) is 21.3 Å². The summed E-state index contributed by atoms with van der Waals surface area (Å²) in [5, 5.41) is 8.49. The lowest BCUT2D eigenvalue weighted by molar-refractivity contribution is 0.0554. The molecule has 0 N–H and O–H groups in total. The van der Waals surface area contributed by atoms with E-state index >= 15 is 0 Å². The highest BCUT2D eigenvalue weighted by Crippen LogP contribution is 2.28. The van der Waals surface area contributed by atoms with Crippen molar-refractivity contribution in [2.24, 2.45) is 0 Å². The Labute approximate surface area is 152 Å². The topological polar surface area (TPSA) is 96.7 Å². The molecule has 0 aliphatic heterocycles. The van der Waals surface area contributed by atoms with Crippen LogP contribution in [0.25, 0.3) is 0 Å². The van der Waals surface area contributed by atoms with Gasteiger partial charge in [0.2, 0.25) is 10.0 Å². The number of sulfonamides is 1. The fourth-order valence-corrected chi connectivity index (χ4v) is 3.62. The van der Waals surface area contributed by atoms with Gasteiger partial charge in [0.1, 0.15) is 16.7 Å². The van der Waals surface area contributed by atoms with Crippen LogP contribution >= 0.6 is 0 Å². The highest BCUT2D eigenvalue weighted by atomic mass is 32.2. The van der Waals surface area contributed by atoms with Crippen molar-refractivity contribution in [1.29, 1.82) is 5.26 Å². The molecule has 136 valence electrons. The number of esters is 1. The van der Waals surface area contributed by atoms with E-state index in [0.29, 0.717) is 0 Å². The molecule has 0 aliphatic rings. The Morgan fingerprint density at radius 3 is 2.50 bits per heavy atom. The largest absolute Gasteiger partial charge is 0.495 e. The van der Waals surface area contributed by atoms with E-state index in [0.717, 1.165) is 5.56 Å². The monoisotopic (exact) mass is 374 g/mol. The van der Waals surface area contributed by atoms with Gasteiger partial charge < -0.3 is 9.47 Å². The first-order chi connectivity index (χ1) is 12.4. The number of rotatable bonds is 7. The van der Waals surface area contributed by atoms with E-state index in [4.69, 9.17) is 14.7 Å². The first-order valence-electron chi connectivity index (χ1n) is 7.62. The summed E-state index contributed by atoms with van der Waals surface area (Å²) in [6, 6.07) is 14.8. The standard InChI is InChI=1S/C18H18N2O5S/c1-20(13-14-6-4-3-5-7-14)26(22,23)17-12-15(8-9-16(17)24-2)18(21)25-11-10-19/h3-9,12H,11,13H2,1-2H3. The van der Waals surface area contributed by atoms with Gasteiger partial charge >= 0.3 is 5.97 Å². The highest BCUT2D eigenvalue weighted by Gasteiger charge is 2.26. The van der Waals surface area contributed by atoms with Gasteiger partial charge in [-0.2, -0.15) is 9.57 Å². The smallest absolute Gasteiger partial charge is 0.339 e. The highest BCUT2D eigenvalue weighted by molar-refractivity contribution is 7.89. The number of ether oxygens (including phenoxy) is 2. The molecule has 0 saturated heterocycles. The van der Waals surface area contributed by atoms with E-state index in [1.54, 1.807) is 6.07 Å². The SMILES string of the molecule is COc1ccc(C(=O)OCC#N)cc1S(=O)(=O)N(C)Cc1ccccc1. The molecule has 2 rings (SSSR count). The van der Waals surface area contributed by atoms with Crippen LogP contribution in [0.1, 0.15) is 15.9 Å². The molecule has 0 radical (unpaired) electrons. The van der Waals surface area contributed by atoms with Crippen molar-refractivity contribution in [1.82, 2.24) is 4.31 Å². The lowest BCUT2D eigenvalue weighted by Crippen LogP contribution is -2.27. The molecule has 0 amide bonds. The van der Waals surface area contributed by atoms with Crippen LogP contribution < -0.4 is 4.74 Å². The predicted molar refractivity (Wildman–Crippen MR) is 94.0 cm³/mol. The Morgan fingerprint density at radius 1 is 1.19 bits per heavy atom. The summed E-state index contributed by atoms with van der Waals surface area (Å²) >= 11 is 0. The first-order valence-corrected chi connectivity index (χ1v) is 9.06. The summed E-state index contributed by atoms with van der Waals surface area (Å²) in [5.74, 6) is -0.668. The molecule has 0 atom stereocenters. The number of carbonyl (C=O) groups is 1. The molecule has 2 aromatic carbocycles. The van der Waals surface area contributed by atoms with E-state index in [-0.39, 0.29) is 22.8 Å². The van der Waals surface area contributed by atoms with E-state index in [1.807, 2.05) is 30.3 Å². The summed E-state index contributed by atoms with van der Waals surface area (Å²) in [5.41, 5.74) is 0.842. The molecule has 0 heterocycles. The van der Waals surface area contributed by atoms with Gasteiger partial charge in [-0.05, 0) is 23.8 Å². The number of methoxy groups -OCH3 is 1. The molecule has 7 nitrogen and oxygen atoms in total. The fraction of sp³-hybridized carbons (Fsp3) is 0.222. The van der Waals surface area contributed by atoms with Gasteiger partial charge in [-0.15, -0.1) is 0 Å². The Hall–Kier alpha value is -2.89. The van der Waals surface area contributed by atoms with Gasteiger partial charge in [0.15, 0.2) is 6.61 Å². The molecule has 0 spiro atoms. The van der Waals surface area contributed by atoms with E-state index in [2.05, 4.69) is 0 Å².